The molecule has 200 valence electrons. The minimum atomic E-state index is -5.13. The molecule has 0 saturated carbocycles. The molecule has 5 rings (SSSR count). The predicted molar refractivity (Wildman–Crippen MR) is 124 cm³/mol. The maximum Gasteiger partial charge on any atom is 0.471 e. The molecule has 1 amide bonds. The van der Waals surface area contributed by atoms with E-state index in [4.69, 9.17) is 4.74 Å². The molecule has 0 spiro atoms. The molecule has 0 bridgehead atoms. The zero-order valence-corrected chi connectivity index (χ0v) is 20.2. The average molecular weight is 531 g/mol. The highest BCUT2D eigenvalue weighted by Crippen LogP contribution is 2.45. The Bertz CT molecular complexity index is 1310. The lowest BCUT2D eigenvalue weighted by Crippen LogP contribution is -2.57. The van der Waals surface area contributed by atoms with E-state index >= 15 is 0 Å². The summed E-state index contributed by atoms with van der Waals surface area (Å²) in [5.41, 5.74) is -0.659. The standard InChI is InChI=1S/C27H24F3NO7/c1-11-21(32)17(31-26(37)27(28,29)30)10-13(38-11)9-12-5-4-8-16-18(12)25(36)20-19(24(16)35)22(33)14-6-2-3-7-15(14)23(20)34/h2-7,11-13,16-18,21,32H,8-10H2,1H3,(H,31,37)/t11-,12?,13-,16?,17-,18?,21+/m0/s1. The molecule has 1 saturated heterocycles. The van der Waals surface area contributed by atoms with Crippen LogP contribution in [-0.4, -0.2) is 64.7 Å². The number of allylic oxidation sites excluding steroid dienone is 4. The van der Waals surface area contributed by atoms with Crippen LogP contribution in [0.4, 0.5) is 13.2 Å². The number of ketones is 4. The number of amides is 1. The summed E-state index contributed by atoms with van der Waals surface area (Å²) in [6, 6.07) is 4.76. The van der Waals surface area contributed by atoms with Gasteiger partial charge in [-0.1, -0.05) is 36.4 Å². The van der Waals surface area contributed by atoms with Crippen LogP contribution in [0.1, 0.15) is 46.9 Å². The van der Waals surface area contributed by atoms with Gasteiger partial charge in [0.05, 0.1) is 29.4 Å². The van der Waals surface area contributed by atoms with E-state index in [0.29, 0.717) is 0 Å². The lowest BCUT2D eigenvalue weighted by molar-refractivity contribution is -0.179. The van der Waals surface area contributed by atoms with Crippen LogP contribution in [0.3, 0.4) is 0 Å². The maximum atomic E-state index is 13.7. The molecule has 3 aliphatic carbocycles. The van der Waals surface area contributed by atoms with Gasteiger partial charge in [0.1, 0.15) is 6.10 Å². The van der Waals surface area contributed by atoms with E-state index in [1.165, 1.54) is 19.1 Å². The summed E-state index contributed by atoms with van der Waals surface area (Å²) >= 11 is 0. The summed E-state index contributed by atoms with van der Waals surface area (Å²) in [6.07, 6.45) is -4.65. The lowest BCUT2D eigenvalue weighted by atomic mass is 9.61. The van der Waals surface area contributed by atoms with E-state index in [2.05, 4.69) is 0 Å². The first-order chi connectivity index (χ1) is 17.9. The van der Waals surface area contributed by atoms with E-state index in [-0.39, 0.29) is 36.0 Å². The number of hydrogen-bond acceptors (Lipinski definition) is 7. The fourth-order valence-corrected chi connectivity index (χ4v) is 6.07. The Morgan fingerprint density at radius 2 is 1.66 bits per heavy atom. The zero-order chi connectivity index (χ0) is 27.5. The van der Waals surface area contributed by atoms with Crippen molar-refractivity contribution < 1.29 is 47.0 Å². The number of Topliss-reactive ketones (excluding diaryl/α,β-unsaturated/α-hetero) is 4. The van der Waals surface area contributed by atoms with Crippen molar-refractivity contribution in [2.45, 2.75) is 56.7 Å². The Kier molecular flexibility index (Phi) is 6.47. The Morgan fingerprint density at radius 1 is 1.05 bits per heavy atom. The Balaban J connectivity index is 1.41. The topological polar surface area (TPSA) is 127 Å². The van der Waals surface area contributed by atoms with Crippen LogP contribution in [0, 0.1) is 17.8 Å². The summed E-state index contributed by atoms with van der Waals surface area (Å²) in [7, 11) is 0. The SMILES string of the molecule is C[C@@H]1O[C@@H](CC2C=CCC3C(=O)C4=C(C(=O)c5ccccc5C4=O)C(=O)C23)C[C@H](NC(=O)C(F)(F)F)[C@@H]1O. The van der Waals surface area contributed by atoms with Crippen molar-refractivity contribution in [1.82, 2.24) is 5.32 Å². The number of alkyl halides is 3. The number of aliphatic hydroxyl groups is 1. The molecule has 7 atom stereocenters. The quantitative estimate of drug-likeness (QED) is 0.453. The van der Waals surface area contributed by atoms with Crippen LogP contribution in [0.25, 0.3) is 0 Å². The summed E-state index contributed by atoms with van der Waals surface area (Å²) in [4.78, 5) is 65.0. The molecule has 1 fully saturated rings. The molecular formula is C27H24F3NO7. The van der Waals surface area contributed by atoms with Gasteiger partial charge in [0.25, 0.3) is 0 Å². The average Bonchev–Trinajstić information content (AvgIpc) is 2.87. The van der Waals surface area contributed by atoms with Crippen LogP contribution < -0.4 is 5.32 Å². The highest BCUT2D eigenvalue weighted by atomic mass is 19.4. The third kappa shape index (κ3) is 4.23. The third-order valence-corrected chi connectivity index (χ3v) is 7.85. The molecule has 1 heterocycles. The Labute approximate surface area is 214 Å². The molecule has 0 radical (unpaired) electrons. The maximum absolute atomic E-state index is 13.7. The Morgan fingerprint density at radius 3 is 2.26 bits per heavy atom. The second kappa shape index (κ2) is 9.39. The van der Waals surface area contributed by atoms with Crippen LogP contribution in [0.2, 0.25) is 0 Å². The molecule has 1 aliphatic heterocycles. The number of ether oxygens (including phenoxy) is 1. The molecule has 8 nitrogen and oxygen atoms in total. The minimum Gasteiger partial charge on any atom is -0.388 e. The summed E-state index contributed by atoms with van der Waals surface area (Å²) in [5, 5.41) is 12.1. The lowest BCUT2D eigenvalue weighted by Gasteiger charge is -2.42. The smallest absolute Gasteiger partial charge is 0.388 e. The summed E-state index contributed by atoms with van der Waals surface area (Å²) in [6.45, 7) is 1.46. The van der Waals surface area contributed by atoms with Gasteiger partial charge in [0, 0.05) is 23.0 Å². The van der Waals surface area contributed by atoms with E-state index in [9.17, 15) is 42.3 Å². The number of nitrogens with one attached hydrogen (secondary N) is 1. The first-order valence-electron chi connectivity index (χ1n) is 12.3. The van der Waals surface area contributed by atoms with Gasteiger partial charge in [-0.2, -0.15) is 13.2 Å². The second-order valence-electron chi connectivity index (χ2n) is 10.1. The summed E-state index contributed by atoms with van der Waals surface area (Å²) in [5.74, 6) is -7.15. The normalized spacial score (nSPS) is 33.0. The van der Waals surface area contributed by atoms with Gasteiger partial charge in [-0.05, 0) is 32.1 Å². The van der Waals surface area contributed by atoms with Crippen LogP contribution >= 0.6 is 0 Å². The van der Waals surface area contributed by atoms with E-state index in [1.54, 1.807) is 24.3 Å². The molecule has 2 N–H and O–H groups in total. The number of aliphatic hydroxyl groups excluding tert-OH is 1. The monoisotopic (exact) mass is 531 g/mol. The van der Waals surface area contributed by atoms with Gasteiger partial charge in [-0.15, -0.1) is 0 Å². The highest BCUT2D eigenvalue weighted by Gasteiger charge is 2.53. The molecule has 1 aromatic rings. The van der Waals surface area contributed by atoms with Crippen molar-refractivity contribution in [3.63, 3.8) is 0 Å². The van der Waals surface area contributed by atoms with Gasteiger partial charge in [-0.3, -0.25) is 24.0 Å². The molecular weight excluding hydrogens is 507 g/mol. The predicted octanol–water partition coefficient (Wildman–Crippen LogP) is 2.30. The van der Waals surface area contributed by atoms with E-state index in [1.807, 2.05) is 5.32 Å². The van der Waals surface area contributed by atoms with E-state index in [0.717, 1.165) is 0 Å². The number of benzene rings is 1. The fraction of sp³-hybridized carbons (Fsp3) is 0.444. The van der Waals surface area contributed by atoms with Crippen molar-refractivity contribution in [2.24, 2.45) is 17.8 Å². The number of fused-ring (bicyclic) bond motifs is 2. The van der Waals surface area contributed by atoms with Gasteiger partial charge in [0.2, 0.25) is 0 Å². The van der Waals surface area contributed by atoms with Crippen LogP contribution in [0.5, 0.6) is 0 Å². The molecule has 0 aromatic heterocycles. The van der Waals surface area contributed by atoms with E-state index < -0.39 is 82.9 Å². The number of carbonyl (C=O) groups is 5. The van der Waals surface area contributed by atoms with Gasteiger partial charge in [0.15, 0.2) is 23.1 Å². The van der Waals surface area contributed by atoms with Crippen molar-refractivity contribution in [1.29, 1.82) is 0 Å². The summed E-state index contributed by atoms with van der Waals surface area (Å²) < 4.78 is 44.2. The number of halogens is 3. The zero-order valence-electron chi connectivity index (χ0n) is 20.2. The van der Waals surface area contributed by atoms with Crippen molar-refractivity contribution >= 4 is 29.0 Å². The first-order valence-corrected chi connectivity index (χ1v) is 12.3. The van der Waals surface area contributed by atoms with Gasteiger partial charge in [-0.25, -0.2) is 0 Å². The van der Waals surface area contributed by atoms with Gasteiger partial charge < -0.3 is 15.2 Å². The molecule has 3 unspecified atom stereocenters. The second-order valence-corrected chi connectivity index (χ2v) is 10.1. The van der Waals surface area contributed by atoms with Crippen molar-refractivity contribution in [2.75, 3.05) is 0 Å². The van der Waals surface area contributed by atoms with Gasteiger partial charge >= 0.3 is 12.1 Å². The first kappa shape index (κ1) is 26.2. The largest absolute Gasteiger partial charge is 0.471 e. The molecule has 1 aromatic carbocycles. The fourth-order valence-electron chi connectivity index (χ4n) is 6.07. The molecule has 4 aliphatic rings. The Hall–Kier alpha value is -3.44. The van der Waals surface area contributed by atoms with Crippen LogP contribution in [-0.2, 0) is 19.1 Å². The minimum absolute atomic E-state index is 0.0559. The van der Waals surface area contributed by atoms with Crippen LogP contribution in [0.15, 0.2) is 47.6 Å². The molecule has 38 heavy (non-hydrogen) atoms. The third-order valence-electron chi connectivity index (χ3n) is 7.85. The van der Waals surface area contributed by atoms with Crippen molar-refractivity contribution in [3.05, 3.63) is 58.7 Å². The molecule has 11 heteroatoms. The van der Waals surface area contributed by atoms with Crippen molar-refractivity contribution in [3.8, 4) is 0 Å². The number of rotatable bonds is 3. The number of hydrogen-bond donors (Lipinski definition) is 2. The highest BCUT2D eigenvalue weighted by molar-refractivity contribution is 6.45. The number of carbonyl (C=O) groups excluding carboxylic acids is 5.